The molecule has 2 saturated heterocycles. The van der Waals surface area contributed by atoms with Crippen LogP contribution in [0.5, 0.6) is 5.88 Å². The number of morpholine rings is 1. The second kappa shape index (κ2) is 7.71. The van der Waals surface area contributed by atoms with E-state index in [0.29, 0.717) is 24.9 Å². The molecule has 10 heteroatoms. The number of likely N-dealkylation sites (tertiary alicyclic amines) is 1. The van der Waals surface area contributed by atoms with Crippen molar-refractivity contribution in [1.29, 1.82) is 0 Å². The third-order valence-electron chi connectivity index (χ3n) is 7.40. The zero-order valence-electron chi connectivity index (χ0n) is 18.8. The van der Waals surface area contributed by atoms with E-state index in [4.69, 9.17) is 9.47 Å². The molecule has 1 aliphatic carbocycles. The van der Waals surface area contributed by atoms with Gasteiger partial charge in [-0.1, -0.05) is 0 Å². The lowest BCUT2D eigenvalue weighted by Crippen LogP contribution is -2.45. The third kappa shape index (κ3) is 3.12. The number of fused-ring (bicyclic) bond motifs is 6. The molecule has 7 rings (SSSR count). The topological polar surface area (TPSA) is 102 Å². The van der Waals surface area contributed by atoms with Gasteiger partial charge in [0.05, 0.1) is 43.5 Å². The van der Waals surface area contributed by atoms with Crippen molar-refractivity contribution in [3.05, 3.63) is 34.1 Å². The number of aryl methyl sites for hydroxylation is 1. The number of aliphatic imine (C=N–C) groups is 1. The molecule has 3 aliphatic heterocycles. The van der Waals surface area contributed by atoms with Gasteiger partial charge in [-0.3, -0.25) is 9.79 Å². The number of ether oxygens (including phenoxy) is 2. The van der Waals surface area contributed by atoms with Crippen molar-refractivity contribution in [1.82, 2.24) is 19.9 Å². The van der Waals surface area contributed by atoms with Gasteiger partial charge in [0.15, 0.2) is 0 Å². The molecule has 0 unspecified atom stereocenters. The maximum atomic E-state index is 13.3. The fraction of sp³-hybridized carbons (Fsp3) is 0.458. The van der Waals surface area contributed by atoms with Crippen LogP contribution in [0.15, 0.2) is 17.4 Å². The average Bonchev–Trinajstić information content (AvgIpc) is 3.65. The summed E-state index contributed by atoms with van der Waals surface area (Å²) in [6, 6.07) is 2.27. The molecule has 1 amide bonds. The first-order valence-corrected chi connectivity index (χ1v) is 12.5. The van der Waals surface area contributed by atoms with Crippen LogP contribution in [0.25, 0.3) is 10.2 Å². The lowest BCUT2D eigenvalue weighted by atomic mass is 9.86. The summed E-state index contributed by atoms with van der Waals surface area (Å²) >= 11 is 1.68. The van der Waals surface area contributed by atoms with Crippen molar-refractivity contribution in [3.63, 3.8) is 0 Å². The molecular weight excluding hydrogens is 452 g/mol. The van der Waals surface area contributed by atoms with Crippen molar-refractivity contribution in [2.45, 2.75) is 44.4 Å². The molecule has 2 bridgehead atoms. The van der Waals surface area contributed by atoms with Crippen LogP contribution >= 0.6 is 11.3 Å². The van der Waals surface area contributed by atoms with E-state index in [1.54, 1.807) is 24.8 Å². The van der Waals surface area contributed by atoms with Gasteiger partial charge < -0.3 is 19.7 Å². The first-order chi connectivity index (χ1) is 16.7. The SMILES string of the molecule is COc1nc2c(cc1Nc1ncnc3sc4c(c13)CC[C@H](C(=O)N1C[C@H]3C[C@@H]1CO3)C4)C=NC2. The van der Waals surface area contributed by atoms with Crippen molar-refractivity contribution < 1.29 is 14.3 Å². The maximum absolute atomic E-state index is 13.3. The predicted molar refractivity (Wildman–Crippen MR) is 128 cm³/mol. The number of hydrogen-bond donors (Lipinski definition) is 1. The number of nitrogens with zero attached hydrogens (tertiary/aromatic N) is 5. The molecule has 4 aliphatic rings. The largest absolute Gasteiger partial charge is 0.480 e. The lowest BCUT2D eigenvalue weighted by Gasteiger charge is -2.32. The summed E-state index contributed by atoms with van der Waals surface area (Å²) in [4.78, 5) is 35.6. The Labute approximate surface area is 200 Å². The molecule has 3 aromatic rings. The number of nitrogens with one attached hydrogen (secondary N) is 1. The summed E-state index contributed by atoms with van der Waals surface area (Å²) in [6.07, 6.45) is 7.11. The van der Waals surface area contributed by atoms with Gasteiger partial charge in [0.25, 0.3) is 0 Å². The van der Waals surface area contributed by atoms with Crippen molar-refractivity contribution in [2.75, 3.05) is 25.6 Å². The van der Waals surface area contributed by atoms with E-state index in [9.17, 15) is 4.79 Å². The van der Waals surface area contributed by atoms with Crippen molar-refractivity contribution >= 4 is 45.2 Å². The molecule has 6 heterocycles. The lowest BCUT2D eigenvalue weighted by molar-refractivity contribution is -0.140. The average molecular weight is 477 g/mol. The Morgan fingerprint density at radius 3 is 3.12 bits per heavy atom. The van der Waals surface area contributed by atoms with Crippen LogP contribution < -0.4 is 10.1 Å². The zero-order valence-corrected chi connectivity index (χ0v) is 19.6. The number of anilines is 2. The van der Waals surface area contributed by atoms with Gasteiger partial charge in [-0.25, -0.2) is 15.0 Å². The third-order valence-corrected chi connectivity index (χ3v) is 8.56. The van der Waals surface area contributed by atoms with E-state index in [2.05, 4.69) is 30.2 Å². The molecular formula is C24H24N6O3S. The number of hydrogen-bond acceptors (Lipinski definition) is 9. The standard InChI is InChI=1S/C24H24N6O3S/c1-32-22-17(4-13-7-25-8-18(13)29-22)28-21-20-16-3-2-12(5-19(16)34-23(20)27-11-26-21)24(31)30-9-15-6-14(30)10-33-15/h4,7,11-12,14-15H,2-3,5-6,8-10H2,1H3,(H,26,27,28)/t12-,14+,15+/m0/s1. The number of thiophene rings is 1. The Balaban J connectivity index is 1.20. The van der Waals surface area contributed by atoms with Crippen LogP contribution in [0.1, 0.15) is 34.5 Å². The van der Waals surface area contributed by atoms with Crippen LogP contribution in [-0.2, 0) is 28.9 Å². The van der Waals surface area contributed by atoms with E-state index < -0.39 is 0 Å². The Morgan fingerprint density at radius 1 is 1.35 bits per heavy atom. The summed E-state index contributed by atoms with van der Waals surface area (Å²) in [6.45, 7) is 2.02. The number of aromatic nitrogens is 3. The normalized spacial score (nSPS) is 24.5. The van der Waals surface area contributed by atoms with Gasteiger partial charge in [-0.05, 0) is 37.3 Å². The Bertz CT molecular complexity index is 1350. The molecule has 0 radical (unpaired) electrons. The zero-order chi connectivity index (χ0) is 22.8. The molecule has 0 spiro atoms. The number of methoxy groups -OCH3 is 1. The molecule has 1 N–H and O–H groups in total. The van der Waals surface area contributed by atoms with Crippen LogP contribution in [-0.4, -0.2) is 64.4 Å². The van der Waals surface area contributed by atoms with Crippen LogP contribution in [0, 0.1) is 5.92 Å². The monoisotopic (exact) mass is 476 g/mol. The highest BCUT2D eigenvalue weighted by molar-refractivity contribution is 7.19. The van der Waals surface area contributed by atoms with E-state index in [-0.39, 0.29) is 18.1 Å². The van der Waals surface area contributed by atoms with Crippen LogP contribution in [0.4, 0.5) is 11.5 Å². The van der Waals surface area contributed by atoms with E-state index >= 15 is 0 Å². The smallest absolute Gasteiger partial charge is 0.237 e. The minimum Gasteiger partial charge on any atom is -0.480 e. The number of amides is 1. The minimum absolute atomic E-state index is 0.0320. The molecule has 2 fully saturated rings. The minimum atomic E-state index is 0.0320. The summed E-state index contributed by atoms with van der Waals surface area (Å²) < 4.78 is 11.2. The first-order valence-electron chi connectivity index (χ1n) is 11.7. The molecule has 0 aromatic carbocycles. The van der Waals surface area contributed by atoms with Crippen molar-refractivity contribution in [3.8, 4) is 5.88 Å². The Morgan fingerprint density at radius 2 is 2.29 bits per heavy atom. The van der Waals surface area contributed by atoms with Crippen LogP contribution in [0.3, 0.4) is 0 Å². The fourth-order valence-corrected chi connectivity index (χ4v) is 6.98. The van der Waals surface area contributed by atoms with Gasteiger partial charge >= 0.3 is 0 Å². The summed E-state index contributed by atoms with van der Waals surface area (Å²) in [5.41, 5.74) is 3.91. The highest BCUT2D eigenvalue weighted by atomic mass is 32.1. The second-order valence-corrected chi connectivity index (χ2v) is 10.4. The maximum Gasteiger partial charge on any atom is 0.237 e. The summed E-state index contributed by atoms with van der Waals surface area (Å²) in [7, 11) is 1.62. The predicted octanol–water partition coefficient (Wildman–Crippen LogP) is 2.88. The number of pyridine rings is 1. The van der Waals surface area contributed by atoms with Crippen molar-refractivity contribution in [2.24, 2.45) is 10.9 Å². The number of rotatable bonds is 4. The van der Waals surface area contributed by atoms with E-state index in [0.717, 1.165) is 65.2 Å². The van der Waals surface area contributed by atoms with Gasteiger partial charge in [-0.2, -0.15) is 0 Å². The quantitative estimate of drug-likeness (QED) is 0.618. The molecule has 3 atom stereocenters. The Hall–Kier alpha value is -3.11. The molecule has 34 heavy (non-hydrogen) atoms. The molecule has 3 aromatic heterocycles. The summed E-state index contributed by atoms with van der Waals surface area (Å²) in [5, 5.41) is 4.49. The van der Waals surface area contributed by atoms with Gasteiger partial charge in [0.2, 0.25) is 11.8 Å². The van der Waals surface area contributed by atoms with E-state index in [1.165, 1.54) is 10.4 Å². The van der Waals surface area contributed by atoms with Gasteiger partial charge in [0.1, 0.15) is 22.7 Å². The number of carbonyl (C=O) groups excluding carboxylic acids is 1. The molecule has 0 saturated carbocycles. The summed E-state index contributed by atoms with van der Waals surface area (Å²) in [5.74, 6) is 1.59. The highest BCUT2D eigenvalue weighted by Crippen LogP contribution is 2.42. The first kappa shape index (κ1) is 20.3. The fourth-order valence-electron chi connectivity index (χ4n) is 5.71. The highest BCUT2D eigenvalue weighted by Gasteiger charge is 2.43. The van der Waals surface area contributed by atoms with Gasteiger partial charge in [-0.15, -0.1) is 11.3 Å². The van der Waals surface area contributed by atoms with Crippen LogP contribution in [0.2, 0.25) is 0 Å². The Kier molecular flexibility index (Phi) is 4.60. The molecule has 174 valence electrons. The molecule has 9 nitrogen and oxygen atoms in total. The van der Waals surface area contributed by atoms with Gasteiger partial charge in [0, 0.05) is 29.1 Å². The number of carbonyl (C=O) groups is 1. The second-order valence-electron chi connectivity index (χ2n) is 9.36. The van der Waals surface area contributed by atoms with E-state index in [1.807, 2.05) is 12.3 Å².